The minimum absolute atomic E-state index is 0.0439. The van der Waals surface area contributed by atoms with Crippen molar-refractivity contribution in [1.29, 1.82) is 0 Å². The van der Waals surface area contributed by atoms with Crippen molar-refractivity contribution in [2.75, 3.05) is 38.2 Å². The van der Waals surface area contributed by atoms with Crippen molar-refractivity contribution < 1.29 is 22.7 Å². The van der Waals surface area contributed by atoms with Crippen LogP contribution >= 0.6 is 0 Å². The molecule has 2 N–H and O–H groups in total. The Morgan fingerprint density at radius 2 is 1.76 bits per heavy atom. The van der Waals surface area contributed by atoms with Crippen molar-refractivity contribution in [3.63, 3.8) is 0 Å². The van der Waals surface area contributed by atoms with Gasteiger partial charge in [-0.1, -0.05) is 18.2 Å². The maximum absolute atomic E-state index is 13.0. The molecule has 2 aromatic rings. The summed E-state index contributed by atoms with van der Waals surface area (Å²) in [6.07, 6.45) is 0. The summed E-state index contributed by atoms with van der Waals surface area (Å²) >= 11 is 0. The molecule has 0 bridgehead atoms. The molecular formula is C20H23N3O5S. The lowest BCUT2D eigenvalue weighted by Crippen LogP contribution is -2.41. The van der Waals surface area contributed by atoms with E-state index in [1.54, 1.807) is 36.4 Å². The third kappa shape index (κ3) is 4.81. The highest BCUT2D eigenvalue weighted by molar-refractivity contribution is 7.89. The molecule has 0 saturated carbocycles. The molecule has 0 aliphatic carbocycles. The van der Waals surface area contributed by atoms with Crippen LogP contribution in [0, 0.1) is 0 Å². The van der Waals surface area contributed by atoms with E-state index in [1.165, 1.54) is 16.4 Å². The van der Waals surface area contributed by atoms with E-state index in [0.29, 0.717) is 31.0 Å². The maximum Gasteiger partial charge on any atom is 0.257 e. The van der Waals surface area contributed by atoms with Gasteiger partial charge in [0.25, 0.3) is 11.8 Å². The Hall–Kier alpha value is -2.75. The maximum atomic E-state index is 13.0. The highest BCUT2D eigenvalue weighted by Crippen LogP contribution is 2.22. The zero-order chi connectivity index (χ0) is 20.9. The highest BCUT2D eigenvalue weighted by Gasteiger charge is 2.30. The van der Waals surface area contributed by atoms with Gasteiger partial charge in [0.1, 0.15) is 0 Å². The minimum Gasteiger partial charge on any atom is -0.379 e. The van der Waals surface area contributed by atoms with E-state index in [0.717, 1.165) is 0 Å². The fourth-order valence-corrected chi connectivity index (χ4v) is 4.60. The van der Waals surface area contributed by atoms with Gasteiger partial charge in [0.2, 0.25) is 10.0 Å². The van der Waals surface area contributed by atoms with E-state index in [-0.39, 0.29) is 29.5 Å². The van der Waals surface area contributed by atoms with Crippen LogP contribution in [-0.2, 0) is 14.8 Å². The molecule has 3 rings (SSSR count). The normalized spacial score (nSPS) is 14.9. The first-order chi connectivity index (χ1) is 13.9. The second-order valence-electron chi connectivity index (χ2n) is 6.41. The van der Waals surface area contributed by atoms with Crippen LogP contribution in [0.15, 0.2) is 53.4 Å². The second kappa shape index (κ2) is 9.17. The van der Waals surface area contributed by atoms with Gasteiger partial charge in [-0.15, -0.1) is 0 Å². The summed E-state index contributed by atoms with van der Waals surface area (Å²) in [6.45, 7) is 3.43. The molecule has 1 saturated heterocycles. The molecular weight excluding hydrogens is 394 g/mol. The van der Waals surface area contributed by atoms with E-state index < -0.39 is 15.9 Å². The molecule has 0 unspecified atom stereocenters. The smallest absolute Gasteiger partial charge is 0.257 e. The van der Waals surface area contributed by atoms with Gasteiger partial charge in [-0.2, -0.15) is 4.31 Å². The lowest BCUT2D eigenvalue weighted by atomic mass is 10.1. The first-order valence-corrected chi connectivity index (χ1v) is 10.7. The van der Waals surface area contributed by atoms with Crippen LogP contribution in [0.2, 0.25) is 0 Å². The van der Waals surface area contributed by atoms with Gasteiger partial charge in [0.15, 0.2) is 0 Å². The van der Waals surface area contributed by atoms with Gasteiger partial charge in [0, 0.05) is 30.9 Å². The highest BCUT2D eigenvalue weighted by atomic mass is 32.2. The number of carbonyl (C=O) groups excluding carboxylic acids is 2. The zero-order valence-electron chi connectivity index (χ0n) is 16.1. The summed E-state index contributed by atoms with van der Waals surface area (Å²) in [5, 5.41) is 5.38. The Morgan fingerprint density at radius 3 is 2.48 bits per heavy atom. The second-order valence-corrected chi connectivity index (χ2v) is 8.31. The number of amides is 2. The van der Waals surface area contributed by atoms with Crippen LogP contribution in [0.4, 0.5) is 5.69 Å². The largest absolute Gasteiger partial charge is 0.379 e. The summed E-state index contributed by atoms with van der Waals surface area (Å²) in [5.74, 6) is -0.815. The molecule has 1 aliphatic heterocycles. The molecule has 29 heavy (non-hydrogen) atoms. The number of anilines is 1. The van der Waals surface area contributed by atoms with Crippen LogP contribution in [0.25, 0.3) is 0 Å². The van der Waals surface area contributed by atoms with Crippen LogP contribution in [0.1, 0.15) is 27.6 Å². The Labute approximate surface area is 169 Å². The molecule has 2 aromatic carbocycles. The molecule has 9 heteroatoms. The number of carbonyl (C=O) groups is 2. The number of ether oxygens (including phenoxy) is 1. The molecule has 1 heterocycles. The molecule has 154 valence electrons. The molecule has 0 aromatic heterocycles. The van der Waals surface area contributed by atoms with Crippen molar-refractivity contribution in [2.45, 2.75) is 11.8 Å². The van der Waals surface area contributed by atoms with Gasteiger partial charge in [0.05, 0.1) is 23.7 Å². The number of rotatable bonds is 6. The minimum atomic E-state index is -3.83. The van der Waals surface area contributed by atoms with E-state index >= 15 is 0 Å². The van der Waals surface area contributed by atoms with Gasteiger partial charge >= 0.3 is 0 Å². The van der Waals surface area contributed by atoms with Crippen molar-refractivity contribution >= 4 is 27.5 Å². The fraction of sp³-hybridized carbons (Fsp3) is 0.300. The summed E-state index contributed by atoms with van der Waals surface area (Å²) in [6, 6.07) is 12.6. The molecule has 8 nitrogen and oxygen atoms in total. The van der Waals surface area contributed by atoms with E-state index in [9.17, 15) is 18.0 Å². The lowest BCUT2D eigenvalue weighted by molar-refractivity contribution is 0.0730. The predicted octanol–water partition coefficient (Wildman–Crippen LogP) is 1.71. The van der Waals surface area contributed by atoms with Crippen molar-refractivity contribution in [3.8, 4) is 0 Å². The molecule has 1 aliphatic rings. The third-order valence-corrected chi connectivity index (χ3v) is 6.40. The van der Waals surface area contributed by atoms with Crippen LogP contribution in [0.3, 0.4) is 0 Å². The number of hydrogen-bond donors (Lipinski definition) is 2. The molecule has 2 amide bonds. The SMILES string of the molecule is CCNC(=O)c1cccc(NC(=O)c2ccccc2S(=O)(=O)N2CCOCC2)c1. The van der Waals surface area contributed by atoms with Gasteiger partial charge in [-0.3, -0.25) is 9.59 Å². The van der Waals surface area contributed by atoms with Crippen molar-refractivity contribution in [3.05, 3.63) is 59.7 Å². The summed E-state index contributed by atoms with van der Waals surface area (Å²) in [7, 11) is -3.83. The van der Waals surface area contributed by atoms with Crippen LogP contribution < -0.4 is 10.6 Å². The van der Waals surface area contributed by atoms with E-state index in [1.807, 2.05) is 6.92 Å². The number of benzene rings is 2. The van der Waals surface area contributed by atoms with Gasteiger partial charge in [-0.05, 0) is 37.3 Å². The fourth-order valence-electron chi connectivity index (χ4n) is 3.00. The quantitative estimate of drug-likeness (QED) is 0.745. The van der Waals surface area contributed by atoms with Crippen molar-refractivity contribution in [1.82, 2.24) is 9.62 Å². The predicted molar refractivity (Wildman–Crippen MR) is 108 cm³/mol. The Morgan fingerprint density at radius 1 is 1.03 bits per heavy atom. The Balaban J connectivity index is 1.86. The van der Waals surface area contributed by atoms with Crippen LogP contribution in [-0.4, -0.2) is 57.4 Å². The topological polar surface area (TPSA) is 105 Å². The van der Waals surface area contributed by atoms with E-state index in [2.05, 4.69) is 10.6 Å². The first kappa shape index (κ1) is 21.0. The summed E-state index contributed by atoms with van der Waals surface area (Å²) in [5.41, 5.74) is 0.846. The summed E-state index contributed by atoms with van der Waals surface area (Å²) in [4.78, 5) is 24.8. The number of nitrogens with zero attached hydrogens (tertiary/aromatic N) is 1. The summed E-state index contributed by atoms with van der Waals surface area (Å²) < 4.78 is 32.6. The average molecular weight is 417 g/mol. The van der Waals surface area contributed by atoms with Gasteiger partial charge < -0.3 is 15.4 Å². The number of nitrogens with one attached hydrogen (secondary N) is 2. The number of morpholine rings is 1. The first-order valence-electron chi connectivity index (χ1n) is 9.30. The molecule has 0 atom stereocenters. The lowest BCUT2D eigenvalue weighted by Gasteiger charge is -2.26. The Bertz CT molecular complexity index is 1000. The standard InChI is InChI=1S/C20H23N3O5S/c1-2-21-19(24)15-6-5-7-16(14-15)22-20(25)17-8-3-4-9-18(17)29(26,27)23-10-12-28-13-11-23/h3-9,14H,2,10-13H2,1H3,(H,21,24)(H,22,25). The monoisotopic (exact) mass is 417 g/mol. The number of sulfonamides is 1. The average Bonchev–Trinajstić information content (AvgIpc) is 2.74. The molecule has 1 fully saturated rings. The molecule has 0 spiro atoms. The molecule has 0 radical (unpaired) electrons. The van der Waals surface area contributed by atoms with Crippen molar-refractivity contribution in [2.24, 2.45) is 0 Å². The Kier molecular flexibility index (Phi) is 6.63. The third-order valence-electron chi connectivity index (χ3n) is 4.44. The van der Waals surface area contributed by atoms with Crippen LogP contribution in [0.5, 0.6) is 0 Å². The van der Waals surface area contributed by atoms with E-state index in [4.69, 9.17) is 4.74 Å². The van der Waals surface area contributed by atoms with Gasteiger partial charge in [-0.25, -0.2) is 8.42 Å². The number of hydrogen-bond acceptors (Lipinski definition) is 5. The zero-order valence-corrected chi connectivity index (χ0v) is 16.9.